The third kappa shape index (κ3) is 2.33. The number of nitrogens with one attached hydrogen (secondary N) is 1. The van der Waals surface area contributed by atoms with Crippen LogP contribution < -0.4 is 4.74 Å². The van der Waals surface area contributed by atoms with Crippen LogP contribution in [0.5, 0.6) is 5.75 Å². The highest BCUT2D eigenvalue weighted by molar-refractivity contribution is 5.78. The Labute approximate surface area is 83.4 Å². The lowest BCUT2D eigenvalue weighted by atomic mass is 10.1. The maximum Gasteiger partial charge on any atom is 0.137 e. The van der Waals surface area contributed by atoms with E-state index in [1.807, 2.05) is 19.9 Å². The lowest BCUT2D eigenvalue weighted by Gasteiger charge is -2.10. The molecule has 1 rings (SSSR count). The molecule has 0 aliphatic rings. The van der Waals surface area contributed by atoms with Gasteiger partial charge in [-0.25, -0.2) is 0 Å². The highest BCUT2D eigenvalue weighted by atomic mass is 16.5. The molecule has 1 aromatic rings. The van der Waals surface area contributed by atoms with Gasteiger partial charge in [0.1, 0.15) is 11.8 Å². The van der Waals surface area contributed by atoms with Gasteiger partial charge < -0.3 is 10.1 Å². The average molecular weight is 188 g/mol. The fraction of sp³-hybridized carbons (Fsp3) is 0.273. The summed E-state index contributed by atoms with van der Waals surface area (Å²) in [6.07, 6.45) is 1.26. The number of hydrogen-bond donors (Lipinski definition) is 1. The summed E-state index contributed by atoms with van der Waals surface area (Å²) in [5.41, 5.74) is 1.18. The molecule has 0 radical (unpaired) electrons. The van der Waals surface area contributed by atoms with Crippen LogP contribution in [0.1, 0.15) is 25.0 Å². The average Bonchev–Trinajstić information content (AvgIpc) is 2.17. The Bertz CT molecular complexity index is 377. The van der Waals surface area contributed by atoms with Gasteiger partial charge in [-0.2, -0.15) is 5.26 Å². The molecule has 0 amide bonds. The maximum atomic E-state index is 8.85. The summed E-state index contributed by atoms with van der Waals surface area (Å²) in [4.78, 5) is 0. The number of rotatable bonds is 3. The molecule has 14 heavy (non-hydrogen) atoms. The van der Waals surface area contributed by atoms with Crippen LogP contribution in [-0.4, -0.2) is 12.3 Å². The summed E-state index contributed by atoms with van der Waals surface area (Å²) >= 11 is 0. The largest absolute Gasteiger partial charge is 0.490 e. The molecule has 0 saturated carbocycles. The molecule has 0 heterocycles. The van der Waals surface area contributed by atoms with Crippen molar-refractivity contribution in [1.82, 2.24) is 0 Å². The molecule has 0 fully saturated rings. The topological polar surface area (TPSA) is 56.9 Å². The van der Waals surface area contributed by atoms with Gasteiger partial charge in [0.15, 0.2) is 0 Å². The predicted molar refractivity (Wildman–Crippen MR) is 54.8 cm³/mol. The van der Waals surface area contributed by atoms with Gasteiger partial charge in [0, 0.05) is 6.21 Å². The van der Waals surface area contributed by atoms with Crippen LogP contribution in [0, 0.1) is 16.7 Å². The second kappa shape index (κ2) is 4.43. The second-order valence-corrected chi connectivity index (χ2v) is 3.18. The normalized spacial score (nSPS) is 9.57. The van der Waals surface area contributed by atoms with E-state index >= 15 is 0 Å². The molecule has 0 unspecified atom stereocenters. The van der Waals surface area contributed by atoms with Crippen LogP contribution in [0.4, 0.5) is 0 Å². The second-order valence-electron chi connectivity index (χ2n) is 3.18. The van der Waals surface area contributed by atoms with E-state index < -0.39 is 0 Å². The predicted octanol–water partition coefficient (Wildman–Crippen LogP) is 2.34. The highest BCUT2D eigenvalue weighted by Gasteiger charge is 2.05. The van der Waals surface area contributed by atoms with E-state index in [9.17, 15) is 0 Å². The Morgan fingerprint density at radius 1 is 1.50 bits per heavy atom. The van der Waals surface area contributed by atoms with Crippen molar-refractivity contribution in [3.8, 4) is 11.8 Å². The van der Waals surface area contributed by atoms with Gasteiger partial charge in [-0.3, -0.25) is 0 Å². The molecule has 0 spiro atoms. The molecule has 0 aliphatic heterocycles. The van der Waals surface area contributed by atoms with Crippen molar-refractivity contribution in [3.05, 3.63) is 29.3 Å². The Balaban J connectivity index is 3.06. The van der Waals surface area contributed by atoms with Crippen molar-refractivity contribution in [1.29, 1.82) is 10.7 Å². The minimum absolute atomic E-state index is 0.0490. The van der Waals surface area contributed by atoms with Crippen LogP contribution in [0.25, 0.3) is 0 Å². The molecule has 1 aromatic carbocycles. The van der Waals surface area contributed by atoms with Gasteiger partial charge >= 0.3 is 0 Å². The molecule has 3 heteroatoms. The lowest BCUT2D eigenvalue weighted by molar-refractivity contribution is 0.241. The first kappa shape index (κ1) is 10.3. The maximum absolute atomic E-state index is 8.85. The molecule has 0 atom stereocenters. The first-order valence-electron chi connectivity index (χ1n) is 4.38. The molecular weight excluding hydrogens is 176 g/mol. The minimum Gasteiger partial charge on any atom is -0.490 e. The Hall–Kier alpha value is -1.82. The zero-order valence-corrected chi connectivity index (χ0v) is 8.24. The van der Waals surface area contributed by atoms with E-state index in [2.05, 4.69) is 0 Å². The van der Waals surface area contributed by atoms with Gasteiger partial charge in [-0.1, -0.05) is 0 Å². The van der Waals surface area contributed by atoms with Crippen molar-refractivity contribution in [2.24, 2.45) is 0 Å². The van der Waals surface area contributed by atoms with Crippen LogP contribution in [0.15, 0.2) is 18.2 Å². The summed E-state index contributed by atoms with van der Waals surface area (Å²) in [5, 5.41) is 15.9. The summed E-state index contributed by atoms with van der Waals surface area (Å²) in [6.45, 7) is 3.82. The van der Waals surface area contributed by atoms with Gasteiger partial charge in [0.05, 0.1) is 11.7 Å². The quantitative estimate of drug-likeness (QED) is 0.740. The van der Waals surface area contributed by atoms with E-state index in [1.54, 1.807) is 18.2 Å². The number of nitrogens with zero attached hydrogens (tertiary/aromatic N) is 1. The number of benzene rings is 1. The molecule has 0 bridgehead atoms. The first-order chi connectivity index (χ1) is 6.67. The molecule has 0 saturated heterocycles. The van der Waals surface area contributed by atoms with Crippen molar-refractivity contribution in [3.63, 3.8) is 0 Å². The fourth-order valence-electron chi connectivity index (χ4n) is 1.08. The molecule has 72 valence electrons. The van der Waals surface area contributed by atoms with Gasteiger partial charge in [0.2, 0.25) is 0 Å². The Morgan fingerprint density at radius 3 is 2.71 bits per heavy atom. The zero-order chi connectivity index (χ0) is 10.6. The smallest absolute Gasteiger partial charge is 0.137 e. The van der Waals surface area contributed by atoms with Crippen LogP contribution in [0.3, 0.4) is 0 Å². The lowest BCUT2D eigenvalue weighted by Crippen LogP contribution is -2.06. The SMILES string of the molecule is CC(C)Oc1ccc(C=N)cc1C#N. The molecule has 1 N–H and O–H groups in total. The summed E-state index contributed by atoms with van der Waals surface area (Å²) < 4.78 is 5.44. The summed E-state index contributed by atoms with van der Waals surface area (Å²) in [7, 11) is 0. The van der Waals surface area contributed by atoms with Crippen molar-refractivity contribution in [2.45, 2.75) is 20.0 Å². The van der Waals surface area contributed by atoms with E-state index in [0.29, 0.717) is 16.9 Å². The van der Waals surface area contributed by atoms with E-state index in [4.69, 9.17) is 15.4 Å². The molecule has 0 aliphatic carbocycles. The number of nitriles is 1. The molecular formula is C11H12N2O. The standard InChI is InChI=1S/C11H12N2O/c1-8(2)14-11-4-3-9(6-12)5-10(11)7-13/h3-6,8,12H,1-2H3. The minimum atomic E-state index is 0.0490. The van der Waals surface area contributed by atoms with E-state index in [-0.39, 0.29) is 6.10 Å². The van der Waals surface area contributed by atoms with Crippen LogP contribution in [-0.2, 0) is 0 Å². The third-order valence-corrected chi connectivity index (χ3v) is 1.65. The van der Waals surface area contributed by atoms with Crippen molar-refractivity contribution in [2.75, 3.05) is 0 Å². The van der Waals surface area contributed by atoms with E-state index in [0.717, 1.165) is 0 Å². The monoisotopic (exact) mass is 188 g/mol. The molecule has 0 aromatic heterocycles. The number of ether oxygens (including phenoxy) is 1. The first-order valence-corrected chi connectivity index (χ1v) is 4.38. The third-order valence-electron chi connectivity index (χ3n) is 1.65. The summed E-state index contributed by atoms with van der Waals surface area (Å²) in [5.74, 6) is 0.577. The van der Waals surface area contributed by atoms with Crippen LogP contribution >= 0.6 is 0 Å². The zero-order valence-electron chi connectivity index (χ0n) is 8.24. The highest BCUT2D eigenvalue weighted by Crippen LogP contribution is 2.19. The van der Waals surface area contributed by atoms with Crippen LogP contribution in [0.2, 0.25) is 0 Å². The van der Waals surface area contributed by atoms with E-state index in [1.165, 1.54) is 6.21 Å². The molecule has 3 nitrogen and oxygen atoms in total. The number of hydrogen-bond acceptors (Lipinski definition) is 3. The van der Waals surface area contributed by atoms with Crippen molar-refractivity contribution < 1.29 is 4.74 Å². The van der Waals surface area contributed by atoms with Crippen molar-refractivity contribution >= 4 is 6.21 Å². The summed E-state index contributed by atoms with van der Waals surface area (Å²) in [6, 6.07) is 7.17. The van der Waals surface area contributed by atoms with Gasteiger partial charge in [0.25, 0.3) is 0 Å². The Morgan fingerprint density at radius 2 is 2.21 bits per heavy atom. The Kier molecular flexibility index (Phi) is 3.24. The fourth-order valence-corrected chi connectivity index (χ4v) is 1.08. The van der Waals surface area contributed by atoms with Gasteiger partial charge in [-0.15, -0.1) is 0 Å². The van der Waals surface area contributed by atoms with Gasteiger partial charge in [-0.05, 0) is 37.6 Å².